The summed E-state index contributed by atoms with van der Waals surface area (Å²) in [5, 5.41) is 0. The SMILES string of the molecule is CC(C)(C)OC(=O)N1CC2(CCN(c3cncc(Br)c3)CC2)C1. The summed E-state index contributed by atoms with van der Waals surface area (Å²) in [4.78, 5) is 20.5. The van der Waals surface area contributed by atoms with E-state index in [1.54, 1.807) is 6.20 Å². The molecule has 1 amide bonds. The standard InChI is InChI=1S/C17H24BrN3O2/c1-16(2,3)23-15(22)21-11-17(12-21)4-6-20(7-5-17)14-8-13(18)9-19-10-14/h8-10H,4-7,11-12H2,1-3H3. The van der Waals surface area contributed by atoms with Crippen LogP contribution in [0.25, 0.3) is 0 Å². The number of anilines is 1. The average Bonchev–Trinajstić information content (AvgIpc) is 2.43. The van der Waals surface area contributed by atoms with Crippen molar-refractivity contribution >= 4 is 27.7 Å². The van der Waals surface area contributed by atoms with Gasteiger partial charge in [-0.15, -0.1) is 0 Å². The van der Waals surface area contributed by atoms with Crippen LogP contribution < -0.4 is 4.90 Å². The maximum atomic E-state index is 12.1. The molecule has 126 valence electrons. The number of amides is 1. The molecule has 2 aliphatic rings. The molecule has 0 atom stereocenters. The summed E-state index contributed by atoms with van der Waals surface area (Å²) in [6.07, 6.45) is 5.76. The van der Waals surface area contributed by atoms with Gasteiger partial charge in [0.1, 0.15) is 5.60 Å². The first-order chi connectivity index (χ1) is 10.8. The van der Waals surface area contributed by atoms with E-state index < -0.39 is 5.60 Å². The molecule has 1 aromatic heterocycles. The van der Waals surface area contributed by atoms with Gasteiger partial charge < -0.3 is 14.5 Å². The first-order valence-electron chi connectivity index (χ1n) is 8.10. The van der Waals surface area contributed by atoms with Crippen LogP contribution in [0, 0.1) is 5.41 Å². The minimum Gasteiger partial charge on any atom is -0.444 e. The van der Waals surface area contributed by atoms with E-state index >= 15 is 0 Å². The zero-order chi connectivity index (χ0) is 16.7. The predicted octanol–water partition coefficient (Wildman–Crippen LogP) is 3.68. The van der Waals surface area contributed by atoms with Crippen LogP contribution in [0.5, 0.6) is 0 Å². The molecule has 0 saturated carbocycles. The Morgan fingerprint density at radius 2 is 1.91 bits per heavy atom. The minimum absolute atomic E-state index is 0.179. The van der Waals surface area contributed by atoms with Gasteiger partial charge in [0.05, 0.1) is 11.9 Å². The molecule has 23 heavy (non-hydrogen) atoms. The highest BCUT2D eigenvalue weighted by Gasteiger charge is 2.47. The molecular weight excluding hydrogens is 358 g/mol. The maximum Gasteiger partial charge on any atom is 0.410 e. The first-order valence-corrected chi connectivity index (χ1v) is 8.89. The number of ether oxygens (including phenoxy) is 1. The van der Waals surface area contributed by atoms with Crippen LogP contribution in [0.1, 0.15) is 33.6 Å². The van der Waals surface area contributed by atoms with Crippen LogP contribution in [-0.4, -0.2) is 47.8 Å². The normalized spacial score (nSPS) is 20.3. The lowest BCUT2D eigenvalue weighted by Gasteiger charge is -2.53. The maximum absolute atomic E-state index is 12.1. The summed E-state index contributed by atoms with van der Waals surface area (Å²) in [6.45, 7) is 9.40. The van der Waals surface area contributed by atoms with Crippen molar-refractivity contribution in [1.29, 1.82) is 0 Å². The van der Waals surface area contributed by atoms with E-state index in [1.807, 2.05) is 31.9 Å². The third kappa shape index (κ3) is 3.79. The van der Waals surface area contributed by atoms with Gasteiger partial charge >= 0.3 is 6.09 Å². The molecule has 0 radical (unpaired) electrons. The summed E-state index contributed by atoms with van der Waals surface area (Å²) in [5.74, 6) is 0. The van der Waals surface area contributed by atoms with Gasteiger partial charge in [0.25, 0.3) is 0 Å². The van der Waals surface area contributed by atoms with Gasteiger partial charge in [0.15, 0.2) is 0 Å². The Morgan fingerprint density at radius 3 is 2.48 bits per heavy atom. The highest BCUT2D eigenvalue weighted by Crippen LogP contribution is 2.41. The van der Waals surface area contributed by atoms with E-state index in [0.717, 1.165) is 49.2 Å². The molecule has 1 aromatic rings. The van der Waals surface area contributed by atoms with E-state index in [0.29, 0.717) is 0 Å². The lowest BCUT2D eigenvalue weighted by molar-refractivity contribution is -0.0434. The molecule has 0 N–H and O–H groups in total. The highest BCUT2D eigenvalue weighted by atomic mass is 79.9. The van der Waals surface area contributed by atoms with Crippen molar-refractivity contribution in [3.05, 3.63) is 22.9 Å². The molecule has 2 aliphatic heterocycles. The summed E-state index contributed by atoms with van der Waals surface area (Å²) < 4.78 is 6.45. The van der Waals surface area contributed by atoms with E-state index in [2.05, 4.69) is 31.9 Å². The van der Waals surface area contributed by atoms with E-state index in [4.69, 9.17) is 4.74 Å². The number of pyridine rings is 1. The Labute approximate surface area is 146 Å². The highest BCUT2D eigenvalue weighted by molar-refractivity contribution is 9.10. The van der Waals surface area contributed by atoms with E-state index in [-0.39, 0.29) is 11.5 Å². The van der Waals surface area contributed by atoms with Gasteiger partial charge in [-0.2, -0.15) is 0 Å². The molecule has 3 rings (SSSR count). The Hall–Kier alpha value is -1.30. The van der Waals surface area contributed by atoms with E-state index in [9.17, 15) is 4.79 Å². The van der Waals surface area contributed by atoms with Gasteiger partial charge in [-0.3, -0.25) is 4.98 Å². The average molecular weight is 382 g/mol. The van der Waals surface area contributed by atoms with Crippen molar-refractivity contribution in [1.82, 2.24) is 9.88 Å². The summed E-state index contributed by atoms with van der Waals surface area (Å²) in [6, 6.07) is 2.11. The number of aromatic nitrogens is 1. The second-order valence-electron chi connectivity index (χ2n) is 7.68. The van der Waals surface area contributed by atoms with Crippen LogP contribution in [-0.2, 0) is 4.74 Å². The lowest BCUT2D eigenvalue weighted by atomic mass is 9.72. The molecule has 3 heterocycles. The van der Waals surface area contributed by atoms with Crippen LogP contribution in [0.15, 0.2) is 22.9 Å². The summed E-state index contributed by atoms with van der Waals surface area (Å²) in [7, 11) is 0. The second kappa shape index (κ2) is 5.96. The molecule has 2 fully saturated rings. The second-order valence-corrected chi connectivity index (χ2v) is 8.60. The fourth-order valence-corrected chi connectivity index (χ4v) is 3.70. The quantitative estimate of drug-likeness (QED) is 0.744. The predicted molar refractivity (Wildman–Crippen MR) is 93.6 cm³/mol. The van der Waals surface area contributed by atoms with Crippen molar-refractivity contribution in [3.8, 4) is 0 Å². The van der Waals surface area contributed by atoms with Crippen molar-refractivity contribution in [2.75, 3.05) is 31.1 Å². The molecular formula is C17H24BrN3O2. The molecule has 0 unspecified atom stereocenters. The number of hydrogen-bond donors (Lipinski definition) is 0. The molecule has 5 nitrogen and oxygen atoms in total. The van der Waals surface area contributed by atoms with Crippen molar-refractivity contribution in [3.63, 3.8) is 0 Å². The number of likely N-dealkylation sites (tertiary alicyclic amines) is 1. The summed E-state index contributed by atoms with van der Waals surface area (Å²) >= 11 is 3.48. The number of halogens is 1. The van der Waals surface area contributed by atoms with Crippen LogP contribution in [0.4, 0.5) is 10.5 Å². The number of nitrogens with zero attached hydrogens (tertiary/aromatic N) is 3. The topological polar surface area (TPSA) is 45.7 Å². The largest absolute Gasteiger partial charge is 0.444 e. The monoisotopic (exact) mass is 381 g/mol. The van der Waals surface area contributed by atoms with Gasteiger partial charge in [0, 0.05) is 42.3 Å². The van der Waals surface area contributed by atoms with Gasteiger partial charge in [-0.1, -0.05) is 0 Å². The minimum atomic E-state index is -0.420. The molecule has 2 saturated heterocycles. The Bertz CT molecular complexity index is 584. The van der Waals surface area contributed by atoms with Gasteiger partial charge in [-0.25, -0.2) is 4.79 Å². The van der Waals surface area contributed by atoms with Crippen molar-refractivity contribution in [2.24, 2.45) is 5.41 Å². The Morgan fingerprint density at radius 1 is 1.26 bits per heavy atom. The molecule has 0 aromatic carbocycles. The molecule has 6 heteroatoms. The van der Waals surface area contributed by atoms with E-state index in [1.165, 1.54) is 0 Å². The lowest BCUT2D eigenvalue weighted by Crippen LogP contribution is -2.62. The number of carbonyl (C=O) groups excluding carboxylic acids is 1. The van der Waals surface area contributed by atoms with Crippen LogP contribution in [0.3, 0.4) is 0 Å². The van der Waals surface area contributed by atoms with Gasteiger partial charge in [-0.05, 0) is 55.6 Å². The smallest absolute Gasteiger partial charge is 0.410 e. The zero-order valence-corrected chi connectivity index (χ0v) is 15.6. The number of rotatable bonds is 1. The van der Waals surface area contributed by atoms with Crippen molar-refractivity contribution in [2.45, 2.75) is 39.2 Å². The Balaban J connectivity index is 1.52. The molecule has 1 spiro atoms. The zero-order valence-electron chi connectivity index (χ0n) is 14.0. The number of hydrogen-bond acceptors (Lipinski definition) is 4. The Kier molecular flexibility index (Phi) is 4.29. The number of carbonyl (C=O) groups is 1. The molecule has 0 aliphatic carbocycles. The van der Waals surface area contributed by atoms with Crippen LogP contribution in [0.2, 0.25) is 0 Å². The first kappa shape index (κ1) is 16.6. The third-order valence-electron chi connectivity index (χ3n) is 4.58. The van der Waals surface area contributed by atoms with Crippen molar-refractivity contribution < 1.29 is 9.53 Å². The molecule has 0 bridgehead atoms. The fourth-order valence-electron chi connectivity index (χ4n) is 3.35. The van der Waals surface area contributed by atoms with Crippen LogP contribution >= 0.6 is 15.9 Å². The summed E-state index contributed by atoms with van der Waals surface area (Å²) in [5.41, 5.74) is 1.03. The third-order valence-corrected chi connectivity index (χ3v) is 5.02. The number of piperidine rings is 1. The fraction of sp³-hybridized carbons (Fsp3) is 0.647. The van der Waals surface area contributed by atoms with Gasteiger partial charge in [0.2, 0.25) is 0 Å².